The number of rotatable bonds is 17. The average molecular weight is 421 g/mol. The number of amides is 2. The van der Waals surface area contributed by atoms with E-state index in [9.17, 15) is 19.5 Å². The van der Waals surface area contributed by atoms with Crippen molar-refractivity contribution >= 4 is 17.8 Å². The molecule has 0 radical (unpaired) electrons. The molecule has 0 saturated carbocycles. The zero-order valence-electron chi connectivity index (χ0n) is 18.0. The Morgan fingerprint density at radius 1 is 0.966 bits per heavy atom. The van der Waals surface area contributed by atoms with Crippen LogP contribution in [0, 0.1) is 0 Å². The third kappa shape index (κ3) is 16.9. The minimum Gasteiger partial charge on any atom is -0.467 e. The van der Waals surface area contributed by atoms with Gasteiger partial charge < -0.3 is 34.7 Å². The van der Waals surface area contributed by atoms with Crippen molar-refractivity contribution < 1.29 is 38.4 Å². The van der Waals surface area contributed by atoms with Crippen molar-refractivity contribution in [3.8, 4) is 0 Å². The van der Waals surface area contributed by atoms with Crippen LogP contribution in [0.4, 0.5) is 0 Å². The van der Waals surface area contributed by atoms with E-state index in [1.807, 2.05) is 6.92 Å². The summed E-state index contributed by atoms with van der Waals surface area (Å²) >= 11 is 0. The van der Waals surface area contributed by atoms with Crippen LogP contribution in [-0.2, 0) is 33.3 Å². The van der Waals surface area contributed by atoms with E-state index in [-0.39, 0.29) is 25.5 Å². The van der Waals surface area contributed by atoms with E-state index < -0.39 is 23.8 Å². The summed E-state index contributed by atoms with van der Waals surface area (Å²) in [6.07, 6.45) is 0.936. The summed E-state index contributed by atoms with van der Waals surface area (Å²) in [5.41, 5.74) is 0. The van der Waals surface area contributed by atoms with E-state index >= 15 is 0 Å². The summed E-state index contributed by atoms with van der Waals surface area (Å²) in [5, 5.41) is 15.0. The van der Waals surface area contributed by atoms with E-state index in [0.717, 1.165) is 12.8 Å². The first-order valence-electron chi connectivity index (χ1n) is 9.86. The van der Waals surface area contributed by atoms with E-state index in [1.54, 1.807) is 0 Å². The van der Waals surface area contributed by atoms with Gasteiger partial charge in [0.2, 0.25) is 11.8 Å². The third-order valence-electron chi connectivity index (χ3n) is 3.53. The topological polar surface area (TPSA) is 132 Å². The van der Waals surface area contributed by atoms with Crippen LogP contribution in [0.2, 0.25) is 0 Å². The third-order valence-corrected chi connectivity index (χ3v) is 3.53. The molecule has 0 heterocycles. The number of ether oxygens (including phenoxy) is 4. The smallest absolute Gasteiger partial charge is 0.335 e. The van der Waals surface area contributed by atoms with Gasteiger partial charge in [-0.3, -0.25) is 9.59 Å². The number of methoxy groups -OCH3 is 1. The normalized spacial score (nSPS) is 12.3. The maximum atomic E-state index is 11.9. The molecule has 3 N–H and O–H groups in total. The summed E-state index contributed by atoms with van der Waals surface area (Å²) in [4.78, 5) is 34.9. The molecule has 170 valence electrons. The van der Waals surface area contributed by atoms with E-state index in [2.05, 4.69) is 15.4 Å². The largest absolute Gasteiger partial charge is 0.467 e. The van der Waals surface area contributed by atoms with Crippen molar-refractivity contribution in [1.82, 2.24) is 10.6 Å². The summed E-state index contributed by atoms with van der Waals surface area (Å²) in [6, 6.07) is 0. The average Bonchev–Trinajstić information content (AvgIpc) is 2.65. The fraction of sp³-hybridized carbons (Fsp3) is 0.842. The van der Waals surface area contributed by atoms with Gasteiger partial charge in [-0.05, 0) is 20.3 Å². The van der Waals surface area contributed by atoms with Gasteiger partial charge in [0, 0.05) is 19.5 Å². The molecular formula is C19H36N2O8. The van der Waals surface area contributed by atoms with Crippen molar-refractivity contribution in [3.63, 3.8) is 0 Å². The van der Waals surface area contributed by atoms with Crippen LogP contribution in [0.15, 0.2) is 0 Å². The van der Waals surface area contributed by atoms with Gasteiger partial charge in [-0.2, -0.15) is 0 Å². The first kappa shape index (κ1) is 27.2. The molecule has 0 bridgehead atoms. The van der Waals surface area contributed by atoms with Gasteiger partial charge in [-0.1, -0.05) is 13.3 Å². The minimum atomic E-state index is -1.57. The van der Waals surface area contributed by atoms with Gasteiger partial charge in [0.15, 0.2) is 11.9 Å². The number of hydrogen-bond donors (Lipinski definition) is 3. The fourth-order valence-electron chi connectivity index (χ4n) is 2.17. The molecule has 29 heavy (non-hydrogen) atoms. The molecule has 0 aliphatic carbocycles. The summed E-state index contributed by atoms with van der Waals surface area (Å²) in [7, 11) is 1.18. The lowest BCUT2D eigenvalue weighted by Crippen LogP contribution is -2.40. The second-order valence-electron chi connectivity index (χ2n) is 6.81. The summed E-state index contributed by atoms with van der Waals surface area (Å²) < 4.78 is 20.4. The summed E-state index contributed by atoms with van der Waals surface area (Å²) in [5.74, 6) is -2.70. The predicted octanol–water partition coefficient (Wildman–Crippen LogP) is 0.119. The molecule has 1 atom stereocenters. The Morgan fingerprint density at radius 2 is 1.52 bits per heavy atom. The monoisotopic (exact) mass is 420 g/mol. The number of nitrogens with one attached hydrogen (secondary N) is 2. The number of carbonyl (C=O) groups is 3. The Balaban J connectivity index is 3.72. The lowest BCUT2D eigenvalue weighted by molar-refractivity contribution is -0.217. The molecule has 10 nitrogen and oxygen atoms in total. The van der Waals surface area contributed by atoms with Crippen molar-refractivity contribution in [3.05, 3.63) is 0 Å². The fourth-order valence-corrected chi connectivity index (χ4v) is 2.17. The van der Waals surface area contributed by atoms with Crippen LogP contribution in [0.3, 0.4) is 0 Å². The molecule has 0 saturated heterocycles. The predicted molar refractivity (Wildman–Crippen MR) is 105 cm³/mol. The van der Waals surface area contributed by atoms with Crippen molar-refractivity contribution in [1.29, 1.82) is 0 Å². The molecule has 0 rings (SSSR count). The van der Waals surface area contributed by atoms with Crippen LogP contribution in [0.5, 0.6) is 0 Å². The van der Waals surface area contributed by atoms with Crippen LogP contribution in [-0.4, -0.2) is 81.4 Å². The first-order chi connectivity index (χ1) is 13.7. The Hall–Kier alpha value is -1.75. The highest BCUT2D eigenvalue weighted by molar-refractivity contribution is 5.84. The minimum absolute atomic E-state index is 0.0323. The lowest BCUT2D eigenvalue weighted by atomic mass is 10.2. The van der Waals surface area contributed by atoms with Crippen LogP contribution < -0.4 is 10.6 Å². The second-order valence-corrected chi connectivity index (χ2v) is 6.81. The van der Waals surface area contributed by atoms with Gasteiger partial charge in [0.1, 0.15) is 0 Å². The number of unbranched alkanes of at least 4 members (excludes halogenated alkanes) is 1. The molecule has 0 aliphatic rings. The number of aliphatic hydroxyl groups is 1. The molecule has 0 spiro atoms. The Morgan fingerprint density at radius 3 is 2.00 bits per heavy atom. The maximum Gasteiger partial charge on any atom is 0.335 e. The maximum absolute atomic E-state index is 11.9. The first-order valence-corrected chi connectivity index (χ1v) is 9.86. The molecule has 0 aliphatic heterocycles. The Bertz CT molecular complexity index is 479. The van der Waals surface area contributed by atoms with E-state index in [4.69, 9.17) is 14.2 Å². The van der Waals surface area contributed by atoms with Gasteiger partial charge in [0.05, 0.1) is 40.0 Å². The quantitative estimate of drug-likeness (QED) is 0.172. The van der Waals surface area contributed by atoms with E-state index in [0.29, 0.717) is 32.8 Å². The van der Waals surface area contributed by atoms with Crippen molar-refractivity contribution in [2.45, 2.75) is 58.3 Å². The summed E-state index contributed by atoms with van der Waals surface area (Å²) in [6.45, 7) is 6.89. The highest BCUT2D eigenvalue weighted by atomic mass is 16.6. The zero-order valence-corrected chi connectivity index (χ0v) is 18.0. The number of carbonyl (C=O) groups excluding carboxylic acids is 3. The zero-order chi connectivity index (χ0) is 22.1. The molecule has 0 aromatic carbocycles. The SMILES string of the molecule is CCCCC(=O)NCCOCCOCCNC(=O)CC(OC(C)(C)O)C(=O)OC. The van der Waals surface area contributed by atoms with Crippen molar-refractivity contribution in [2.75, 3.05) is 46.6 Å². The van der Waals surface area contributed by atoms with Crippen LogP contribution >= 0.6 is 0 Å². The van der Waals surface area contributed by atoms with Gasteiger partial charge in [-0.15, -0.1) is 0 Å². The molecule has 0 fully saturated rings. The number of esters is 1. The molecule has 0 aromatic rings. The van der Waals surface area contributed by atoms with Crippen LogP contribution in [0.1, 0.15) is 46.5 Å². The molecule has 10 heteroatoms. The standard InChI is InChI=1S/C19H36N2O8/c1-5-6-7-16(22)20-8-10-27-12-13-28-11-9-21-17(23)14-15(18(24)26-4)29-19(2,3)25/h15,25H,5-14H2,1-4H3,(H,20,22)(H,21,23). The molecular weight excluding hydrogens is 384 g/mol. The number of hydrogen-bond acceptors (Lipinski definition) is 8. The molecule has 1 unspecified atom stereocenters. The lowest BCUT2D eigenvalue weighted by Gasteiger charge is -2.24. The second kappa shape index (κ2) is 16.1. The molecule has 2 amide bonds. The van der Waals surface area contributed by atoms with Gasteiger partial charge >= 0.3 is 5.97 Å². The van der Waals surface area contributed by atoms with Gasteiger partial charge in [-0.25, -0.2) is 4.79 Å². The Kier molecular flexibility index (Phi) is 15.1. The van der Waals surface area contributed by atoms with Gasteiger partial charge in [0.25, 0.3) is 0 Å². The molecule has 0 aromatic heterocycles. The van der Waals surface area contributed by atoms with E-state index in [1.165, 1.54) is 21.0 Å². The van der Waals surface area contributed by atoms with Crippen LogP contribution in [0.25, 0.3) is 0 Å². The van der Waals surface area contributed by atoms with Crippen molar-refractivity contribution in [2.24, 2.45) is 0 Å². The highest BCUT2D eigenvalue weighted by Crippen LogP contribution is 2.12. The highest BCUT2D eigenvalue weighted by Gasteiger charge is 2.29. The Labute approximate surface area is 172 Å².